The molecule has 4 aromatic rings. The zero-order chi connectivity index (χ0) is 19.7. The van der Waals surface area contributed by atoms with Crippen molar-refractivity contribution in [3.63, 3.8) is 0 Å². The van der Waals surface area contributed by atoms with Gasteiger partial charge in [0.1, 0.15) is 5.01 Å². The average Bonchev–Trinajstić information content (AvgIpc) is 3.12. The van der Waals surface area contributed by atoms with Gasteiger partial charge >= 0.3 is 0 Å². The molecular weight excluding hydrogens is 398 g/mol. The minimum Gasteiger partial charge on any atom is -0.322 e. The largest absolute Gasteiger partial charge is 0.322 e. The minimum atomic E-state index is -0.569. The van der Waals surface area contributed by atoms with Crippen molar-refractivity contribution in [2.24, 2.45) is 0 Å². The number of fused-ring (bicyclic) bond motifs is 1. The molecule has 1 heterocycles. The molecule has 0 fully saturated rings. The third-order valence-corrected chi connectivity index (χ3v) is 5.48. The van der Waals surface area contributed by atoms with E-state index in [1.807, 2.05) is 36.4 Å². The van der Waals surface area contributed by atoms with Crippen molar-refractivity contribution in [3.8, 4) is 10.6 Å². The quantitative estimate of drug-likeness (QED) is 0.342. The SMILES string of the molecule is O=C(Nc1cccc(-c2nc3ccccc3s2)c1)c1cc([N+](=O)[O-])ccc1Cl. The Balaban J connectivity index is 1.62. The molecule has 28 heavy (non-hydrogen) atoms. The highest BCUT2D eigenvalue weighted by molar-refractivity contribution is 7.21. The molecular formula is C20H12ClN3O3S. The number of hydrogen-bond donors (Lipinski definition) is 1. The molecule has 0 aliphatic heterocycles. The van der Waals surface area contributed by atoms with E-state index in [2.05, 4.69) is 10.3 Å². The summed E-state index contributed by atoms with van der Waals surface area (Å²) in [6.45, 7) is 0. The number of non-ortho nitro benzene ring substituents is 1. The molecule has 0 radical (unpaired) electrons. The fraction of sp³-hybridized carbons (Fsp3) is 0. The number of carbonyl (C=O) groups excluding carboxylic acids is 1. The summed E-state index contributed by atoms with van der Waals surface area (Å²) < 4.78 is 1.08. The number of nitro benzene ring substituents is 1. The Morgan fingerprint density at radius 3 is 2.68 bits per heavy atom. The van der Waals surface area contributed by atoms with Crippen LogP contribution in [0.2, 0.25) is 5.02 Å². The summed E-state index contributed by atoms with van der Waals surface area (Å²) in [4.78, 5) is 27.6. The molecule has 0 saturated carbocycles. The average molecular weight is 410 g/mol. The van der Waals surface area contributed by atoms with Crippen molar-refractivity contribution >= 4 is 50.4 Å². The standard InChI is InChI=1S/C20H12ClN3O3S/c21-16-9-8-14(24(26)27)11-15(16)19(25)22-13-5-3-4-12(10-13)20-23-17-6-1-2-7-18(17)28-20/h1-11H,(H,22,25). The van der Waals surface area contributed by atoms with Crippen LogP contribution in [0, 0.1) is 10.1 Å². The van der Waals surface area contributed by atoms with E-state index in [1.54, 1.807) is 23.5 Å². The predicted octanol–water partition coefficient (Wildman–Crippen LogP) is 5.78. The minimum absolute atomic E-state index is 0.0428. The molecule has 0 bridgehead atoms. The number of rotatable bonds is 4. The maximum Gasteiger partial charge on any atom is 0.270 e. The summed E-state index contributed by atoms with van der Waals surface area (Å²) in [5.74, 6) is -0.518. The third kappa shape index (κ3) is 3.58. The first-order valence-electron chi connectivity index (χ1n) is 8.22. The highest BCUT2D eigenvalue weighted by Gasteiger charge is 2.16. The Kier molecular flexibility index (Phi) is 4.77. The first-order valence-corrected chi connectivity index (χ1v) is 9.42. The number of hydrogen-bond acceptors (Lipinski definition) is 5. The number of nitrogens with zero attached hydrogens (tertiary/aromatic N) is 2. The smallest absolute Gasteiger partial charge is 0.270 e. The van der Waals surface area contributed by atoms with Crippen molar-refractivity contribution in [1.82, 2.24) is 4.98 Å². The predicted molar refractivity (Wildman–Crippen MR) is 111 cm³/mol. The van der Waals surface area contributed by atoms with Crippen molar-refractivity contribution < 1.29 is 9.72 Å². The molecule has 1 N–H and O–H groups in total. The van der Waals surface area contributed by atoms with E-state index in [-0.39, 0.29) is 16.3 Å². The van der Waals surface area contributed by atoms with E-state index in [1.165, 1.54) is 12.1 Å². The monoisotopic (exact) mass is 409 g/mol. The first kappa shape index (κ1) is 18.1. The normalized spacial score (nSPS) is 10.8. The number of benzene rings is 3. The summed E-state index contributed by atoms with van der Waals surface area (Å²) in [7, 11) is 0. The van der Waals surface area contributed by atoms with Crippen LogP contribution in [-0.2, 0) is 0 Å². The molecule has 6 nitrogen and oxygen atoms in total. The van der Waals surface area contributed by atoms with Gasteiger partial charge in [0, 0.05) is 23.4 Å². The maximum absolute atomic E-state index is 12.6. The van der Waals surface area contributed by atoms with Gasteiger partial charge in [0.25, 0.3) is 11.6 Å². The van der Waals surface area contributed by atoms with E-state index >= 15 is 0 Å². The molecule has 1 aromatic heterocycles. The number of halogens is 1. The summed E-state index contributed by atoms with van der Waals surface area (Å²) >= 11 is 7.60. The number of amides is 1. The number of para-hydroxylation sites is 1. The Morgan fingerprint density at radius 1 is 1.07 bits per heavy atom. The Hall–Kier alpha value is -3.29. The van der Waals surface area contributed by atoms with Crippen LogP contribution in [-0.4, -0.2) is 15.8 Å². The second-order valence-electron chi connectivity index (χ2n) is 5.94. The van der Waals surface area contributed by atoms with Gasteiger partial charge in [-0.25, -0.2) is 4.98 Å². The van der Waals surface area contributed by atoms with Crippen LogP contribution >= 0.6 is 22.9 Å². The summed E-state index contributed by atoms with van der Waals surface area (Å²) in [6.07, 6.45) is 0. The molecule has 138 valence electrons. The van der Waals surface area contributed by atoms with Crippen LogP contribution in [0.4, 0.5) is 11.4 Å². The van der Waals surface area contributed by atoms with Gasteiger partial charge in [-0.3, -0.25) is 14.9 Å². The molecule has 3 aromatic carbocycles. The second-order valence-corrected chi connectivity index (χ2v) is 7.38. The number of thiazole rings is 1. The van der Waals surface area contributed by atoms with E-state index in [0.29, 0.717) is 5.69 Å². The summed E-state index contributed by atoms with van der Waals surface area (Å²) in [5, 5.41) is 14.7. The van der Waals surface area contributed by atoms with Crippen LogP contribution < -0.4 is 5.32 Å². The molecule has 0 aliphatic carbocycles. The van der Waals surface area contributed by atoms with Crippen LogP contribution in [0.1, 0.15) is 10.4 Å². The molecule has 8 heteroatoms. The molecule has 0 atom stereocenters. The fourth-order valence-electron chi connectivity index (χ4n) is 2.72. The van der Waals surface area contributed by atoms with Crippen molar-refractivity contribution in [3.05, 3.63) is 87.4 Å². The number of nitro groups is 1. The highest BCUT2D eigenvalue weighted by atomic mass is 35.5. The first-order chi connectivity index (χ1) is 13.5. The lowest BCUT2D eigenvalue weighted by Gasteiger charge is -2.08. The number of anilines is 1. The van der Waals surface area contributed by atoms with Gasteiger partial charge in [0.05, 0.1) is 25.7 Å². The van der Waals surface area contributed by atoms with Crippen LogP contribution in [0.25, 0.3) is 20.8 Å². The van der Waals surface area contributed by atoms with Gasteiger partial charge in [-0.05, 0) is 30.3 Å². The van der Waals surface area contributed by atoms with Crippen LogP contribution in [0.3, 0.4) is 0 Å². The summed E-state index contributed by atoms with van der Waals surface area (Å²) in [6, 6.07) is 18.9. The zero-order valence-corrected chi connectivity index (χ0v) is 15.8. The molecule has 0 aliphatic rings. The van der Waals surface area contributed by atoms with Crippen molar-refractivity contribution in [1.29, 1.82) is 0 Å². The van der Waals surface area contributed by atoms with Gasteiger partial charge in [-0.1, -0.05) is 35.9 Å². The number of carbonyl (C=O) groups is 1. The zero-order valence-electron chi connectivity index (χ0n) is 14.3. The third-order valence-electron chi connectivity index (χ3n) is 4.07. The lowest BCUT2D eigenvalue weighted by molar-refractivity contribution is -0.384. The Morgan fingerprint density at radius 2 is 1.89 bits per heavy atom. The number of nitrogens with one attached hydrogen (secondary N) is 1. The molecule has 1 amide bonds. The van der Waals surface area contributed by atoms with Crippen molar-refractivity contribution in [2.75, 3.05) is 5.32 Å². The molecule has 4 rings (SSSR count). The van der Waals surface area contributed by atoms with E-state index < -0.39 is 10.8 Å². The van der Waals surface area contributed by atoms with Gasteiger partial charge < -0.3 is 5.32 Å². The second kappa shape index (κ2) is 7.38. The van der Waals surface area contributed by atoms with E-state index in [0.717, 1.165) is 26.9 Å². The Labute approximate surface area is 168 Å². The Bertz CT molecular complexity index is 1190. The van der Waals surface area contributed by atoms with Gasteiger partial charge in [-0.15, -0.1) is 11.3 Å². The van der Waals surface area contributed by atoms with Gasteiger partial charge in [0.2, 0.25) is 0 Å². The fourth-order valence-corrected chi connectivity index (χ4v) is 3.89. The van der Waals surface area contributed by atoms with E-state index in [4.69, 9.17) is 11.6 Å². The number of aromatic nitrogens is 1. The van der Waals surface area contributed by atoms with Gasteiger partial charge in [-0.2, -0.15) is 0 Å². The van der Waals surface area contributed by atoms with Gasteiger partial charge in [0.15, 0.2) is 0 Å². The lowest BCUT2D eigenvalue weighted by atomic mass is 10.1. The molecule has 0 spiro atoms. The highest BCUT2D eigenvalue weighted by Crippen LogP contribution is 2.31. The summed E-state index contributed by atoms with van der Waals surface area (Å²) in [5.41, 5.74) is 2.17. The molecule has 0 unspecified atom stereocenters. The van der Waals surface area contributed by atoms with Crippen molar-refractivity contribution in [2.45, 2.75) is 0 Å². The molecule has 0 saturated heterocycles. The topological polar surface area (TPSA) is 85.1 Å². The lowest BCUT2D eigenvalue weighted by Crippen LogP contribution is -2.12. The van der Waals surface area contributed by atoms with Crippen LogP contribution in [0.5, 0.6) is 0 Å². The van der Waals surface area contributed by atoms with E-state index in [9.17, 15) is 14.9 Å². The maximum atomic E-state index is 12.6. The van der Waals surface area contributed by atoms with Crippen LogP contribution in [0.15, 0.2) is 66.7 Å².